The first kappa shape index (κ1) is 22.1. The van der Waals surface area contributed by atoms with Gasteiger partial charge in [0.05, 0.1) is 5.69 Å². The lowest BCUT2D eigenvalue weighted by Gasteiger charge is -2.32. The van der Waals surface area contributed by atoms with Crippen molar-refractivity contribution in [1.29, 1.82) is 0 Å². The normalized spacial score (nSPS) is 14.8. The Hall–Kier alpha value is -2.63. The van der Waals surface area contributed by atoms with Gasteiger partial charge in [0.1, 0.15) is 18.2 Å². The minimum Gasteiger partial charge on any atom is -0.508 e. The molecule has 0 amide bonds. The highest BCUT2D eigenvalue weighted by molar-refractivity contribution is 5.85. The molecule has 3 aromatic rings. The summed E-state index contributed by atoms with van der Waals surface area (Å²) in [5.74, 6) is 2.19. The van der Waals surface area contributed by atoms with Crippen LogP contribution in [0.25, 0.3) is 11.3 Å². The standard InChI is InChI=1S/C24H27N3O2.ClH/c1-18-25-23(21-7-9-22(28)10-8-21)17-24(26-18)29-16-15-27-13-11-20(12-14-27)19-5-3-2-4-6-19;/h2-10,17,20,28H,11-16H2,1H3;1H. The number of piperidine rings is 1. The third-order valence-electron chi connectivity index (χ3n) is 5.49. The summed E-state index contributed by atoms with van der Waals surface area (Å²) in [6, 6.07) is 19.7. The van der Waals surface area contributed by atoms with Crippen LogP contribution in [0.15, 0.2) is 60.7 Å². The predicted octanol–water partition coefficient (Wildman–Crippen LogP) is 4.84. The molecule has 1 N–H and O–H groups in total. The lowest BCUT2D eigenvalue weighted by Crippen LogP contribution is -2.35. The molecular weight excluding hydrogens is 398 g/mol. The number of phenolic OH excluding ortho intramolecular Hbond substituents is 1. The van der Waals surface area contributed by atoms with Crippen LogP contribution < -0.4 is 4.74 Å². The van der Waals surface area contributed by atoms with Crippen molar-refractivity contribution in [3.05, 3.63) is 72.1 Å². The maximum absolute atomic E-state index is 9.47. The van der Waals surface area contributed by atoms with Crippen molar-refractivity contribution in [3.8, 4) is 22.9 Å². The van der Waals surface area contributed by atoms with Crippen molar-refractivity contribution in [1.82, 2.24) is 14.9 Å². The first-order chi connectivity index (χ1) is 14.2. The number of aryl methyl sites for hydroxylation is 1. The Labute approximate surface area is 184 Å². The number of aromatic hydroxyl groups is 1. The van der Waals surface area contributed by atoms with E-state index in [0.29, 0.717) is 24.2 Å². The number of phenols is 1. The Morgan fingerprint density at radius 3 is 2.40 bits per heavy atom. The molecule has 0 atom stereocenters. The second-order valence-corrected chi connectivity index (χ2v) is 7.56. The number of likely N-dealkylation sites (tertiary alicyclic amines) is 1. The molecule has 0 saturated carbocycles. The number of aromatic nitrogens is 2. The van der Waals surface area contributed by atoms with Gasteiger partial charge in [0.25, 0.3) is 0 Å². The second kappa shape index (κ2) is 10.4. The second-order valence-electron chi connectivity index (χ2n) is 7.56. The van der Waals surface area contributed by atoms with Crippen LogP contribution in [0.4, 0.5) is 0 Å². The number of halogens is 1. The number of ether oxygens (including phenoxy) is 1. The lowest BCUT2D eigenvalue weighted by atomic mass is 9.89. The molecule has 1 saturated heterocycles. The van der Waals surface area contributed by atoms with Gasteiger partial charge < -0.3 is 9.84 Å². The van der Waals surface area contributed by atoms with Crippen LogP contribution in [0.2, 0.25) is 0 Å². The number of nitrogens with zero attached hydrogens (tertiary/aromatic N) is 3. The molecule has 0 radical (unpaired) electrons. The number of hydrogen-bond acceptors (Lipinski definition) is 5. The Kier molecular flexibility index (Phi) is 7.66. The fourth-order valence-electron chi connectivity index (χ4n) is 3.89. The minimum atomic E-state index is 0. The average Bonchev–Trinajstić information content (AvgIpc) is 2.75. The molecule has 0 unspecified atom stereocenters. The first-order valence-corrected chi connectivity index (χ1v) is 10.2. The van der Waals surface area contributed by atoms with Crippen LogP contribution >= 0.6 is 12.4 Å². The highest BCUT2D eigenvalue weighted by Gasteiger charge is 2.20. The van der Waals surface area contributed by atoms with Gasteiger partial charge in [-0.05, 0) is 68.6 Å². The molecule has 30 heavy (non-hydrogen) atoms. The molecule has 4 rings (SSSR count). The number of benzene rings is 2. The average molecular weight is 426 g/mol. The van der Waals surface area contributed by atoms with Crippen molar-refractivity contribution in [2.75, 3.05) is 26.2 Å². The van der Waals surface area contributed by atoms with Crippen molar-refractivity contribution in [2.24, 2.45) is 0 Å². The van der Waals surface area contributed by atoms with Crippen molar-refractivity contribution >= 4 is 12.4 Å². The van der Waals surface area contributed by atoms with Gasteiger partial charge in [-0.15, -0.1) is 12.4 Å². The van der Waals surface area contributed by atoms with E-state index in [2.05, 4.69) is 45.2 Å². The molecule has 5 nitrogen and oxygen atoms in total. The third-order valence-corrected chi connectivity index (χ3v) is 5.49. The topological polar surface area (TPSA) is 58.5 Å². The Balaban J connectivity index is 0.00000256. The summed E-state index contributed by atoms with van der Waals surface area (Å²) >= 11 is 0. The molecular formula is C24H28ClN3O2. The monoisotopic (exact) mass is 425 g/mol. The van der Waals surface area contributed by atoms with Crippen LogP contribution in [-0.4, -0.2) is 46.2 Å². The summed E-state index contributed by atoms with van der Waals surface area (Å²) in [4.78, 5) is 11.4. The SMILES string of the molecule is Cc1nc(OCCN2CCC(c3ccccc3)CC2)cc(-c2ccc(O)cc2)n1.Cl. The zero-order valence-corrected chi connectivity index (χ0v) is 18.0. The quantitative estimate of drug-likeness (QED) is 0.612. The van der Waals surface area contributed by atoms with Gasteiger partial charge in [-0.1, -0.05) is 30.3 Å². The number of rotatable bonds is 6. The first-order valence-electron chi connectivity index (χ1n) is 10.2. The van der Waals surface area contributed by atoms with E-state index >= 15 is 0 Å². The molecule has 0 bridgehead atoms. The van der Waals surface area contributed by atoms with E-state index in [1.807, 2.05) is 25.1 Å². The molecule has 1 aliphatic rings. The Morgan fingerprint density at radius 1 is 1.00 bits per heavy atom. The molecule has 2 aromatic carbocycles. The van der Waals surface area contributed by atoms with Gasteiger partial charge in [-0.2, -0.15) is 4.98 Å². The molecule has 1 aliphatic heterocycles. The molecule has 0 aliphatic carbocycles. The summed E-state index contributed by atoms with van der Waals surface area (Å²) in [7, 11) is 0. The fourth-order valence-corrected chi connectivity index (χ4v) is 3.89. The van der Waals surface area contributed by atoms with Gasteiger partial charge >= 0.3 is 0 Å². The third kappa shape index (κ3) is 5.71. The van der Waals surface area contributed by atoms with Crippen LogP contribution in [0.1, 0.15) is 30.1 Å². The number of hydrogen-bond donors (Lipinski definition) is 1. The summed E-state index contributed by atoms with van der Waals surface area (Å²) in [6.07, 6.45) is 2.39. The molecule has 6 heteroatoms. The fraction of sp³-hybridized carbons (Fsp3) is 0.333. The van der Waals surface area contributed by atoms with Crippen LogP contribution in [0, 0.1) is 6.92 Å². The van der Waals surface area contributed by atoms with Crippen molar-refractivity contribution < 1.29 is 9.84 Å². The summed E-state index contributed by atoms with van der Waals surface area (Å²) in [6.45, 7) is 5.58. The maximum atomic E-state index is 9.47. The predicted molar refractivity (Wildman–Crippen MR) is 121 cm³/mol. The zero-order valence-electron chi connectivity index (χ0n) is 17.2. The van der Waals surface area contributed by atoms with Crippen LogP contribution in [-0.2, 0) is 0 Å². The van der Waals surface area contributed by atoms with E-state index in [4.69, 9.17) is 4.74 Å². The van der Waals surface area contributed by atoms with E-state index in [9.17, 15) is 5.11 Å². The van der Waals surface area contributed by atoms with Crippen molar-refractivity contribution in [2.45, 2.75) is 25.7 Å². The maximum Gasteiger partial charge on any atom is 0.217 e. The van der Waals surface area contributed by atoms with Gasteiger partial charge in [0, 0.05) is 18.2 Å². The van der Waals surface area contributed by atoms with Gasteiger partial charge in [0.2, 0.25) is 5.88 Å². The molecule has 158 valence electrons. The Morgan fingerprint density at radius 2 is 1.70 bits per heavy atom. The van der Waals surface area contributed by atoms with E-state index in [-0.39, 0.29) is 18.2 Å². The van der Waals surface area contributed by atoms with Gasteiger partial charge in [0.15, 0.2) is 0 Å². The highest BCUT2D eigenvalue weighted by Crippen LogP contribution is 2.27. The molecule has 1 fully saturated rings. The highest BCUT2D eigenvalue weighted by atomic mass is 35.5. The smallest absolute Gasteiger partial charge is 0.217 e. The molecule has 2 heterocycles. The van der Waals surface area contributed by atoms with E-state index in [1.165, 1.54) is 18.4 Å². The summed E-state index contributed by atoms with van der Waals surface area (Å²) < 4.78 is 5.94. The van der Waals surface area contributed by atoms with E-state index in [1.54, 1.807) is 12.1 Å². The molecule has 0 spiro atoms. The molecule has 1 aromatic heterocycles. The largest absolute Gasteiger partial charge is 0.508 e. The Bertz CT molecular complexity index is 927. The van der Waals surface area contributed by atoms with Gasteiger partial charge in [-0.25, -0.2) is 4.98 Å². The van der Waals surface area contributed by atoms with Gasteiger partial charge in [-0.3, -0.25) is 4.90 Å². The lowest BCUT2D eigenvalue weighted by molar-refractivity contribution is 0.171. The van der Waals surface area contributed by atoms with Crippen molar-refractivity contribution in [3.63, 3.8) is 0 Å². The summed E-state index contributed by atoms with van der Waals surface area (Å²) in [5.41, 5.74) is 3.19. The summed E-state index contributed by atoms with van der Waals surface area (Å²) in [5, 5.41) is 9.47. The van der Waals surface area contributed by atoms with Crippen LogP contribution in [0.3, 0.4) is 0 Å². The zero-order chi connectivity index (χ0) is 20.1. The minimum absolute atomic E-state index is 0. The van der Waals surface area contributed by atoms with E-state index in [0.717, 1.165) is 30.9 Å². The van der Waals surface area contributed by atoms with Crippen LogP contribution in [0.5, 0.6) is 11.6 Å². The van der Waals surface area contributed by atoms with E-state index < -0.39 is 0 Å².